The van der Waals surface area contributed by atoms with Gasteiger partial charge >= 0.3 is 5.97 Å². The van der Waals surface area contributed by atoms with Crippen molar-refractivity contribution in [1.82, 2.24) is 9.88 Å². The number of hydrogen-bond acceptors (Lipinski definition) is 5. The highest BCUT2D eigenvalue weighted by molar-refractivity contribution is 6.88. The molecule has 1 heterocycles. The van der Waals surface area contributed by atoms with Crippen LogP contribution in [0.4, 0.5) is 5.69 Å². The minimum absolute atomic E-state index is 0.170. The average Bonchev–Trinajstić information content (AvgIpc) is 2.84. The van der Waals surface area contributed by atoms with Gasteiger partial charge in [-0.15, -0.1) is 0 Å². The number of nitrogens with zero attached hydrogens (tertiary/aromatic N) is 2. The van der Waals surface area contributed by atoms with Crippen molar-refractivity contribution in [1.29, 1.82) is 0 Å². The second kappa shape index (κ2) is 10.5. The topological polar surface area (TPSA) is 109 Å². The van der Waals surface area contributed by atoms with Gasteiger partial charge in [-0.25, -0.2) is 9.78 Å². The number of carboxylic acid groups (broad SMARTS) is 1. The van der Waals surface area contributed by atoms with Crippen LogP contribution in [0.3, 0.4) is 0 Å². The van der Waals surface area contributed by atoms with Gasteiger partial charge < -0.3 is 20.1 Å². The van der Waals surface area contributed by atoms with Crippen LogP contribution in [0.25, 0.3) is 0 Å². The number of aromatic carboxylic acids is 1. The van der Waals surface area contributed by atoms with E-state index >= 15 is 0 Å². The second-order valence-corrected chi connectivity index (χ2v) is 14.2. The monoisotopic (exact) mass is 491 g/mol. The summed E-state index contributed by atoms with van der Waals surface area (Å²) in [6.45, 7) is 6.75. The van der Waals surface area contributed by atoms with Gasteiger partial charge in [-0.2, -0.15) is 0 Å². The molecule has 3 aromatic rings. The van der Waals surface area contributed by atoms with Gasteiger partial charge in [0, 0.05) is 18.9 Å². The summed E-state index contributed by atoms with van der Waals surface area (Å²) in [5.74, 6) is -1.42. The Kier molecular flexibility index (Phi) is 7.70. The first kappa shape index (κ1) is 25.6. The normalized spacial score (nSPS) is 11.9. The molecule has 35 heavy (non-hydrogen) atoms. The first-order valence-electron chi connectivity index (χ1n) is 11.0. The molecule has 0 spiro atoms. The zero-order valence-corrected chi connectivity index (χ0v) is 21.4. The SMILES string of the molecule is COc1ccc(C(C(=O)Nc2ccc([Si](C)(C)C)cc2)N(C)C(=O)c2ccc(C(=O)O)nc2)cc1. The molecule has 0 saturated heterocycles. The maximum absolute atomic E-state index is 13.4. The van der Waals surface area contributed by atoms with Crippen molar-refractivity contribution in [2.24, 2.45) is 0 Å². The summed E-state index contributed by atoms with van der Waals surface area (Å²) >= 11 is 0. The smallest absolute Gasteiger partial charge is 0.354 e. The fourth-order valence-electron chi connectivity index (χ4n) is 3.57. The number of hydrogen-bond donors (Lipinski definition) is 2. The first-order chi connectivity index (χ1) is 16.5. The lowest BCUT2D eigenvalue weighted by atomic mass is 10.0. The summed E-state index contributed by atoms with van der Waals surface area (Å²) in [4.78, 5) is 42.9. The molecule has 2 aromatic carbocycles. The number of carbonyl (C=O) groups excluding carboxylic acids is 2. The molecule has 3 rings (SSSR count). The van der Waals surface area contributed by atoms with Crippen LogP contribution in [0.1, 0.15) is 32.5 Å². The third-order valence-electron chi connectivity index (χ3n) is 5.64. The van der Waals surface area contributed by atoms with Gasteiger partial charge in [-0.1, -0.05) is 49.1 Å². The van der Waals surface area contributed by atoms with Crippen LogP contribution in [0.2, 0.25) is 19.6 Å². The Morgan fingerprint density at radius 2 is 1.60 bits per heavy atom. The zero-order valence-electron chi connectivity index (χ0n) is 20.4. The van der Waals surface area contributed by atoms with E-state index in [1.54, 1.807) is 31.4 Å². The van der Waals surface area contributed by atoms with Gasteiger partial charge in [0.25, 0.3) is 11.8 Å². The van der Waals surface area contributed by atoms with E-state index in [4.69, 9.17) is 9.84 Å². The maximum Gasteiger partial charge on any atom is 0.354 e. The largest absolute Gasteiger partial charge is 0.497 e. The summed E-state index contributed by atoms with van der Waals surface area (Å²) in [5, 5.41) is 13.2. The van der Waals surface area contributed by atoms with Gasteiger partial charge in [0.1, 0.15) is 17.5 Å². The molecule has 1 unspecified atom stereocenters. The Morgan fingerprint density at radius 1 is 0.971 bits per heavy atom. The average molecular weight is 492 g/mol. The third-order valence-corrected chi connectivity index (χ3v) is 7.70. The fourth-order valence-corrected chi connectivity index (χ4v) is 4.74. The number of pyridine rings is 1. The van der Waals surface area contributed by atoms with Crippen molar-refractivity contribution >= 4 is 36.7 Å². The molecule has 0 aliphatic rings. The van der Waals surface area contributed by atoms with E-state index < -0.39 is 26.0 Å². The summed E-state index contributed by atoms with van der Waals surface area (Å²) in [7, 11) is 1.59. The van der Waals surface area contributed by atoms with Crippen molar-refractivity contribution in [3.63, 3.8) is 0 Å². The minimum atomic E-state index is -1.48. The van der Waals surface area contributed by atoms with E-state index in [9.17, 15) is 14.4 Å². The van der Waals surface area contributed by atoms with Crippen molar-refractivity contribution in [3.05, 3.63) is 83.7 Å². The molecule has 0 fully saturated rings. The summed E-state index contributed by atoms with van der Waals surface area (Å²) in [6, 6.07) is 16.4. The molecule has 2 N–H and O–H groups in total. The highest BCUT2D eigenvalue weighted by Gasteiger charge is 2.30. The van der Waals surface area contributed by atoms with Crippen molar-refractivity contribution < 1.29 is 24.2 Å². The Bertz CT molecular complexity index is 1200. The molecule has 1 aromatic heterocycles. The van der Waals surface area contributed by atoms with Gasteiger partial charge in [0.2, 0.25) is 0 Å². The van der Waals surface area contributed by atoms with Crippen LogP contribution in [0.5, 0.6) is 5.75 Å². The molecule has 2 amide bonds. The zero-order chi connectivity index (χ0) is 25.8. The number of carboxylic acids is 1. The van der Waals surface area contributed by atoms with Gasteiger partial charge in [-0.05, 0) is 42.0 Å². The predicted molar refractivity (Wildman–Crippen MR) is 137 cm³/mol. The number of amides is 2. The van der Waals surface area contributed by atoms with Crippen LogP contribution >= 0.6 is 0 Å². The predicted octanol–water partition coefficient (Wildman–Crippen LogP) is 3.79. The quantitative estimate of drug-likeness (QED) is 0.464. The maximum atomic E-state index is 13.4. The molecule has 0 saturated carbocycles. The van der Waals surface area contributed by atoms with E-state index in [0.29, 0.717) is 17.0 Å². The van der Waals surface area contributed by atoms with Crippen LogP contribution in [-0.2, 0) is 4.79 Å². The van der Waals surface area contributed by atoms with E-state index in [0.717, 1.165) is 0 Å². The Hall–Kier alpha value is -3.98. The number of nitrogens with one attached hydrogen (secondary N) is 1. The van der Waals surface area contributed by atoms with E-state index in [1.165, 1.54) is 35.5 Å². The molecule has 1 atom stereocenters. The minimum Gasteiger partial charge on any atom is -0.497 e. The molecular weight excluding hydrogens is 462 g/mol. The molecular formula is C26H29N3O5Si. The number of likely N-dealkylation sites (N-methyl/N-ethyl adjacent to an activating group) is 1. The molecule has 8 nitrogen and oxygen atoms in total. The Balaban J connectivity index is 1.91. The molecule has 0 bridgehead atoms. The Morgan fingerprint density at radius 3 is 2.09 bits per heavy atom. The lowest BCUT2D eigenvalue weighted by molar-refractivity contribution is -0.120. The summed E-state index contributed by atoms with van der Waals surface area (Å²) in [6.07, 6.45) is 1.19. The highest BCUT2D eigenvalue weighted by Crippen LogP contribution is 2.25. The van der Waals surface area contributed by atoms with Crippen molar-refractivity contribution in [2.75, 3.05) is 19.5 Å². The summed E-state index contributed by atoms with van der Waals surface area (Å²) < 4.78 is 5.22. The van der Waals surface area contributed by atoms with Crippen LogP contribution in [0.15, 0.2) is 66.9 Å². The lowest BCUT2D eigenvalue weighted by Gasteiger charge is -2.28. The molecule has 0 radical (unpaired) electrons. The van der Waals surface area contributed by atoms with Gasteiger partial charge in [-0.3, -0.25) is 9.59 Å². The summed E-state index contributed by atoms with van der Waals surface area (Å²) in [5.41, 5.74) is 1.22. The number of aromatic nitrogens is 1. The number of anilines is 1. The molecule has 0 aliphatic carbocycles. The Labute approximate surface area is 205 Å². The number of carbonyl (C=O) groups is 3. The molecule has 182 valence electrons. The first-order valence-corrected chi connectivity index (χ1v) is 14.5. The van der Waals surface area contributed by atoms with E-state index in [-0.39, 0.29) is 17.2 Å². The van der Waals surface area contributed by atoms with Gasteiger partial charge in [0.05, 0.1) is 20.7 Å². The highest BCUT2D eigenvalue weighted by atomic mass is 28.3. The second-order valence-electron chi connectivity index (χ2n) is 9.15. The van der Waals surface area contributed by atoms with Crippen LogP contribution in [-0.4, -0.2) is 55.0 Å². The van der Waals surface area contributed by atoms with Crippen LogP contribution in [0, 0.1) is 0 Å². The van der Waals surface area contributed by atoms with E-state index in [1.807, 2.05) is 24.3 Å². The number of ether oxygens (including phenoxy) is 1. The molecule has 9 heteroatoms. The fraction of sp³-hybridized carbons (Fsp3) is 0.231. The van der Waals surface area contributed by atoms with Crippen molar-refractivity contribution in [2.45, 2.75) is 25.7 Å². The molecule has 0 aliphatic heterocycles. The number of benzene rings is 2. The van der Waals surface area contributed by atoms with Crippen LogP contribution < -0.4 is 15.2 Å². The number of rotatable bonds is 8. The van der Waals surface area contributed by atoms with Gasteiger partial charge in [0.15, 0.2) is 0 Å². The lowest BCUT2D eigenvalue weighted by Crippen LogP contribution is -2.39. The van der Waals surface area contributed by atoms with E-state index in [2.05, 4.69) is 29.9 Å². The van der Waals surface area contributed by atoms with Crippen molar-refractivity contribution in [3.8, 4) is 5.75 Å². The standard InChI is InChI=1S/C26H29N3O5Si/c1-29(25(31)18-8-15-22(26(32)33)27-16-18)23(17-6-11-20(34-2)12-7-17)24(30)28-19-9-13-21(14-10-19)35(3,4)5/h6-16,23H,1-5H3,(H,28,30)(H,32,33). The number of methoxy groups -OCH3 is 1. The third kappa shape index (κ3) is 6.13.